The normalized spacial score (nSPS) is 17.8. The van der Waals surface area contributed by atoms with Crippen molar-refractivity contribution in [2.24, 2.45) is 0 Å². The molecule has 1 aromatic carbocycles. The van der Waals surface area contributed by atoms with Crippen LogP contribution in [0.5, 0.6) is 0 Å². The highest BCUT2D eigenvalue weighted by Gasteiger charge is 2.32. The molecule has 10 heteroatoms. The lowest BCUT2D eigenvalue weighted by Gasteiger charge is -2.37. The largest absolute Gasteiger partial charge is 0.368 e. The van der Waals surface area contributed by atoms with Gasteiger partial charge in [0, 0.05) is 44.6 Å². The van der Waals surface area contributed by atoms with Crippen LogP contribution < -0.4 is 15.4 Å². The number of likely N-dealkylation sites (N-methyl/N-ethyl adjacent to an activating group) is 1. The third-order valence-electron chi connectivity index (χ3n) is 6.22. The maximum atomic E-state index is 13.6. The van der Waals surface area contributed by atoms with E-state index in [4.69, 9.17) is 17.2 Å². The molecule has 4 heterocycles. The summed E-state index contributed by atoms with van der Waals surface area (Å²) in [5.41, 5.74) is 2.59. The monoisotopic (exact) mass is 509 g/mol. The fourth-order valence-electron chi connectivity index (χ4n) is 4.35. The predicted octanol–water partition coefficient (Wildman–Crippen LogP) is 3.69. The molecular formula is C25H24FN5O2S2. The Kier molecular flexibility index (Phi) is 6.33. The number of hydrogen-bond donors (Lipinski definition) is 0. The third kappa shape index (κ3) is 4.43. The summed E-state index contributed by atoms with van der Waals surface area (Å²) >= 11 is 6.56. The number of aromatic nitrogens is 2. The van der Waals surface area contributed by atoms with E-state index >= 15 is 0 Å². The summed E-state index contributed by atoms with van der Waals surface area (Å²) in [4.78, 5) is 37.6. The molecule has 2 fully saturated rings. The Bertz CT molecular complexity index is 1410. The molecule has 2 saturated heterocycles. The molecule has 0 aliphatic carbocycles. The first-order chi connectivity index (χ1) is 16.9. The highest BCUT2D eigenvalue weighted by Crippen LogP contribution is 2.33. The van der Waals surface area contributed by atoms with Gasteiger partial charge in [0.1, 0.15) is 21.6 Å². The molecule has 35 heavy (non-hydrogen) atoms. The second-order valence-corrected chi connectivity index (χ2v) is 10.1. The van der Waals surface area contributed by atoms with Gasteiger partial charge >= 0.3 is 0 Å². The van der Waals surface area contributed by atoms with Gasteiger partial charge in [0.2, 0.25) is 0 Å². The highest BCUT2D eigenvalue weighted by molar-refractivity contribution is 8.26. The SMILES string of the molecule is CCN1C(=O)C(=Cc2c(N3CCN(c4ccc(F)cc4)CC3)nc3ccc(C)cn3c2=O)SC1=S. The van der Waals surface area contributed by atoms with Crippen LogP contribution in [0.1, 0.15) is 18.1 Å². The minimum Gasteiger partial charge on any atom is -0.368 e. The van der Waals surface area contributed by atoms with Gasteiger partial charge in [0.05, 0.1) is 10.5 Å². The number of amides is 1. The number of halogens is 1. The number of thiocarbonyl (C=S) groups is 1. The second kappa shape index (κ2) is 9.43. The number of fused-ring (bicyclic) bond motifs is 1. The maximum absolute atomic E-state index is 13.6. The van der Waals surface area contributed by atoms with Crippen molar-refractivity contribution >= 4 is 57.4 Å². The van der Waals surface area contributed by atoms with Gasteiger partial charge in [-0.25, -0.2) is 9.37 Å². The van der Waals surface area contributed by atoms with Crippen LogP contribution in [0.2, 0.25) is 0 Å². The van der Waals surface area contributed by atoms with Gasteiger partial charge in [0.15, 0.2) is 0 Å². The van der Waals surface area contributed by atoms with Crippen LogP contribution in [0.3, 0.4) is 0 Å². The van der Waals surface area contributed by atoms with Crippen molar-refractivity contribution in [2.45, 2.75) is 13.8 Å². The topological polar surface area (TPSA) is 61.2 Å². The minimum atomic E-state index is -0.262. The number of carbonyl (C=O) groups excluding carboxylic acids is 1. The van der Waals surface area contributed by atoms with Crippen molar-refractivity contribution in [3.8, 4) is 0 Å². The summed E-state index contributed by atoms with van der Waals surface area (Å²) in [5.74, 6) is 0.101. The van der Waals surface area contributed by atoms with E-state index in [-0.39, 0.29) is 17.3 Å². The Balaban J connectivity index is 1.54. The lowest BCUT2D eigenvalue weighted by molar-refractivity contribution is -0.121. The fourth-order valence-corrected chi connectivity index (χ4v) is 5.71. The molecule has 0 saturated carbocycles. The van der Waals surface area contributed by atoms with Gasteiger partial charge in [-0.05, 0) is 55.8 Å². The zero-order chi connectivity index (χ0) is 24.7. The molecule has 0 N–H and O–H groups in total. The molecule has 7 nitrogen and oxygen atoms in total. The zero-order valence-electron chi connectivity index (χ0n) is 19.4. The molecule has 180 valence electrons. The van der Waals surface area contributed by atoms with Gasteiger partial charge < -0.3 is 9.80 Å². The molecule has 0 spiro atoms. The van der Waals surface area contributed by atoms with Crippen LogP contribution in [0.25, 0.3) is 11.7 Å². The summed E-state index contributed by atoms with van der Waals surface area (Å²) in [6.45, 7) is 6.91. The average Bonchev–Trinajstić information content (AvgIpc) is 3.13. The van der Waals surface area contributed by atoms with Crippen LogP contribution in [0, 0.1) is 12.7 Å². The number of benzene rings is 1. The van der Waals surface area contributed by atoms with E-state index in [1.54, 1.807) is 24.4 Å². The van der Waals surface area contributed by atoms with Crippen LogP contribution in [-0.4, -0.2) is 57.2 Å². The van der Waals surface area contributed by atoms with Crippen LogP contribution >= 0.6 is 24.0 Å². The lowest BCUT2D eigenvalue weighted by Crippen LogP contribution is -2.47. The first-order valence-electron chi connectivity index (χ1n) is 11.4. The Labute approximate surface area is 211 Å². The van der Waals surface area contributed by atoms with E-state index in [9.17, 15) is 14.0 Å². The Morgan fingerprint density at radius 1 is 1.06 bits per heavy atom. The molecule has 0 unspecified atom stereocenters. The molecule has 2 aliphatic rings. The van der Waals surface area contributed by atoms with Gasteiger partial charge in [-0.15, -0.1) is 0 Å². The van der Waals surface area contributed by atoms with E-state index in [1.165, 1.54) is 33.2 Å². The number of anilines is 2. The van der Waals surface area contributed by atoms with Crippen LogP contribution in [0.15, 0.2) is 52.3 Å². The number of piperazine rings is 1. The lowest BCUT2D eigenvalue weighted by atomic mass is 10.2. The molecule has 0 bridgehead atoms. The van der Waals surface area contributed by atoms with Crippen molar-refractivity contribution in [2.75, 3.05) is 42.5 Å². The Hall–Kier alpha value is -3.24. The number of carbonyl (C=O) groups is 1. The summed E-state index contributed by atoms with van der Waals surface area (Å²) in [6.07, 6.45) is 3.40. The van der Waals surface area contributed by atoms with Crippen molar-refractivity contribution < 1.29 is 9.18 Å². The van der Waals surface area contributed by atoms with E-state index < -0.39 is 0 Å². The first-order valence-corrected chi connectivity index (χ1v) is 12.6. The number of hydrogen-bond acceptors (Lipinski definition) is 7. The quantitative estimate of drug-likeness (QED) is 0.393. The molecule has 1 amide bonds. The molecule has 2 aromatic heterocycles. The smallest absolute Gasteiger partial charge is 0.267 e. The van der Waals surface area contributed by atoms with E-state index in [0.29, 0.717) is 59.0 Å². The predicted molar refractivity (Wildman–Crippen MR) is 143 cm³/mol. The molecular weight excluding hydrogens is 485 g/mol. The molecule has 2 aliphatic heterocycles. The van der Waals surface area contributed by atoms with E-state index in [1.807, 2.05) is 26.0 Å². The maximum Gasteiger partial charge on any atom is 0.267 e. The number of nitrogens with zero attached hydrogens (tertiary/aromatic N) is 5. The van der Waals surface area contributed by atoms with Gasteiger partial charge in [-0.1, -0.05) is 30.0 Å². The van der Waals surface area contributed by atoms with Crippen molar-refractivity contribution in [3.63, 3.8) is 0 Å². The fraction of sp³-hybridized carbons (Fsp3) is 0.280. The van der Waals surface area contributed by atoms with E-state index in [0.717, 1.165) is 11.3 Å². The molecule has 0 radical (unpaired) electrons. The van der Waals surface area contributed by atoms with Crippen molar-refractivity contribution in [1.82, 2.24) is 14.3 Å². The molecule has 0 atom stereocenters. The third-order valence-corrected chi connectivity index (χ3v) is 7.60. The van der Waals surface area contributed by atoms with Gasteiger partial charge in [-0.2, -0.15) is 0 Å². The van der Waals surface area contributed by atoms with Gasteiger partial charge in [0.25, 0.3) is 11.5 Å². The van der Waals surface area contributed by atoms with E-state index in [2.05, 4.69) is 9.80 Å². The number of pyridine rings is 1. The zero-order valence-corrected chi connectivity index (χ0v) is 21.0. The van der Waals surface area contributed by atoms with Crippen molar-refractivity contribution in [3.05, 3.63) is 74.8 Å². The minimum absolute atomic E-state index is 0.191. The van der Waals surface area contributed by atoms with Crippen LogP contribution in [0.4, 0.5) is 15.9 Å². The Morgan fingerprint density at radius 3 is 2.40 bits per heavy atom. The number of aryl methyl sites for hydroxylation is 1. The summed E-state index contributed by atoms with van der Waals surface area (Å²) in [5, 5.41) is 0. The average molecular weight is 510 g/mol. The summed E-state index contributed by atoms with van der Waals surface area (Å²) < 4.78 is 15.3. The number of rotatable bonds is 4. The van der Waals surface area contributed by atoms with Crippen molar-refractivity contribution in [1.29, 1.82) is 0 Å². The second-order valence-electron chi connectivity index (χ2n) is 8.47. The van der Waals surface area contributed by atoms with Crippen LogP contribution in [-0.2, 0) is 4.79 Å². The highest BCUT2D eigenvalue weighted by atomic mass is 32.2. The summed E-state index contributed by atoms with van der Waals surface area (Å²) in [7, 11) is 0. The van der Waals surface area contributed by atoms with Gasteiger partial charge in [-0.3, -0.25) is 18.9 Å². The Morgan fingerprint density at radius 2 is 1.74 bits per heavy atom. The standard InChI is InChI=1S/C25H24FN5O2S2/c1-3-30-24(33)20(35-25(30)34)14-19-22(27-21-9-4-16(2)15-31(21)23(19)32)29-12-10-28(11-13-29)18-7-5-17(26)6-8-18/h4-9,14-15H,3,10-13H2,1-2H3. The molecule has 5 rings (SSSR count). The number of thioether (sulfide) groups is 1. The molecule has 3 aromatic rings. The summed E-state index contributed by atoms with van der Waals surface area (Å²) in [6, 6.07) is 10.2. The first kappa shape index (κ1) is 23.5.